The van der Waals surface area contributed by atoms with E-state index in [1.54, 1.807) is 0 Å². The molecule has 0 bridgehead atoms. The molecular weight excluding hydrogens is 909 g/mol. The van der Waals surface area contributed by atoms with Gasteiger partial charge in [0.05, 0.1) is 0 Å². The van der Waals surface area contributed by atoms with Crippen LogP contribution in [-0.4, -0.2) is 46.3 Å². The van der Waals surface area contributed by atoms with Crippen molar-refractivity contribution in [2.75, 3.05) is 0 Å². The first-order valence-corrected chi connectivity index (χ1v) is 34.0. The lowest BCUT2D eigenvalue weighted by atomic mass is 9.69. The molecule has 0 radical (unpaired) electrons. The monoisotopic (exact) mass is 1040 g/mol. The van der Waals surface area contributed by atoms with E-state index in [0.29, 0.717) is 12.8 Å². The predicted molar refractivity (Wildman–Crippen MR) is 322 cm³/mol. The molecule has 2 saturated heterocycles. The Morgan fingerprint density at radius 3 is 0.649 bits per heavy atom. The van der Waals surface area contributed by atoms with E-state index in [9.17, 15) is 9.59 Å². The second-order valence-corrected chi connectivity index (χ2v) is 25.5. The minimum atomic E-state index is 0.0177. The predicted octanol–water partition coefficient (Wildman–Crippen LogP) is 21.4. The van der Waals surface area contributed by atoms with E-state index in [4.69, 9.17) is 9.47 Å². The summed E-state index contributed by atoms with van der Waals surface area (Å²) in [4.78, 5) is 27.6. The standard InChI is InChI=1S/C68H132N2O4/c1-9-17-25-39-49-65(50-40-26-18-10-2)57-61(58-66(69-65,51-41-27-19-11-3)52-42-28-20-12-4)73-63(71)47-37-35-33-34-36-38-48-64(72)74-62-59-67(53-43-29-21-13-5,54-44-30-22-14-6)70-68(60-62,55-45-31-23-15-7)56-46-32-24-16-8/h61-62,69-70H,9-60H2,1-8H3. The fourth-order valence-electron chi connectivity index (χ4n) is 14.1. The van der Waals surface area contributed by atoms with Crippen LogP contribution in [0.4, 0.5) is 0 Å². The Kier molecular flexibility index (Phi) is 40.7. The van der Waals surface area contributed by atoms with Gasteiger partial charge >= 0.3 is 11.9 Å². The molecule has 0 aromatic rings. The van der Waals surface area contributed by atoms with Gasteiger partial charge in [-0.1, -0.05) is 287 Å². The van der Waals surface area contributed by atoms with Crippen LogP contribution in [0.3, 0.4) is 0 Å². The quantitative estimate of drug-likeness (QED) is 0.0467. The lowest BCUT2D eigenvalue weighted by Crippen LogP contribution is -2.65. The number of carbonyl (C=O) groups excluding carboxylic acids is 2. The van der Waals surface area contributed by atoms with Crippen LogP contribution >= 0.6 is 0 Å². The van der Waals surface area contributed by atoms with Crippen molar-refractivity contribution >= 4 is 11.9 Å². The molecule has 0 unspecified atom stereocenters. The highest BCUT2D eigenvalue weighted by Crippen LogP contribution is 2.44. The van der Waals surface area contributed by atoms with Crippen molar-refractivity contribution in [1.29, 1.82) is 0 Å². The topological polar surface area (TPSA) is 76.7 Å². The average Bonchev–Trinajstić information content (AvgIpc) is 3.38. The van der Waals surface area contributed by atoms with Crippen LogP contribution in [-0.2, 0) is 19.1 Å². The molecule has 0 amide bonds. The summed E-state index contributed by atoms with van der Waals surface area (Å²) in [5.74, 6) is 0.0670. The molecule has 2 heterocycles. The lowest BCUT2D eigenvalue weighted by Gasteiger charge is -2.53. The number of unbranched alkanes of at least 4 members (excludes halogenated alkanes) is 29. The summed E-state index contributed by atoms with van der Waals surface area (Å²) in [5, 5.41) is 9.04. The second-order valence-electron chi connectivity index (χ2n) is 25.5. The van der Waals surface area contributed by atoms with Gasteiger partial charge in [-0.2, -0.15) is 0 Å². The Labute approximate surface area is 463 Å². The average molecular weight is 1040 g/mol. The number of nitrogens with one attached hydrogen (secondary N) is 2. The van der Waals surface area contributed by atoms with Gasteiger partial charge in [-0.3, -0.25) is 9.59 Å². The molecule has 2 aliphatic heterocycles. The van der Waals surface area contributed by atoms with E-state index in [2.05, 4.69) is 66.0 Å². The fourth-order valence-corrected chi connectivity index (χ4v) is 14.1. The Bertz CT molecular complexity index is 1100. The van der Waals surface area contributed by atoms with E-state index in [1.165, 1.54) is 257 Å². The molecule has 438 valence electrons. The Morgan fingerprint density at radius 2 is 0.459 bits per heavy atom. The van der Waals surface area contributed by atoms with Gasteiger partial charge in [-0.05, 0) is 64.2 Å². The highest BCUT2D eigenvalue weighted by molar-refractivity contribution is 5.70. The van der Waals surface area contributed by atoms with Gasteiger partial charge in [0, 0.05) is 60.7 Å². The highest BCUT2D eigenvalue weighted by Gasteiger charge is 2.49. The summed E-state index contributed by atoms with van der Waals surface area (Å²) in [6.07, 6.45) is 62.1. The van der Waals surface area contributed by atoms with Gasteiger partial charge in [0.2, 0.25) is 0 Å². The fraction of sp³-hybridized carbons (Fsp3) is 0.971. The van der Waals surface area contributed by atoms with Crippen molar-refractivity contribution in [2.45, 2.75) is 424 Å². The number of piperidine rings is 2. The molecule has 2 rings (SSSR count). The normalized spacial score (nSPS) is 17.5. The minimum Gasteiger partial charge on any atom is -0.462 e. The Balaban J connectivity index is 2.07. The van der Waals surface area contributed by atoms with Gasteiger partial charge in [0.25, 0.3) is 0 Å². The summed E-state index contributed by atoms with van der Waals surface area (Å²) in [6.45, 7) is 18.6. The zero-order valence-electron chi connectivity index (χ0n) is 51.6. The van der Waals surface area contributed by atoms with Crippen LogP contribution in [0.2, 0.25) is 0 Å². The van der Waals surface area contributed by atoms with Gasteiger partial charge in [0.1, 0.15) is 12.2 Å². The van der Waals surface area contributed by atoms with E-state index >= 15 is 0 Å². The van der Waals surface area contributed by atoms with Crippen molar-refractivity contribution in [3.8, 4) is 0 Å². The van der Waals surface area contributed by atoms with Crippen molar-refractivity contribution < 1.29 is 19.1 Å². The van der Waals surface area contributed by atoms with E-state index in [-0.39, 0.29) is 46.3 Å². The van der Waals surface area contributed by atoms with Crippen molar-refractivity contribution in [3.05, 3.63) is 0 Å². The Morgan fingerprint density at radius 1 is 0.284 bits per heavy atom. The van der Waals surface area contributed by atoms with Crippen LogP contribution in [0, 0.1) is 0 Å². The number of esters is 2. The van der Waals surface area contributed by atoms with E-state index in [0.717, 1.165) is 64.2 Å². The molecule has 0 aromatic carbocycles. The van der Waals surface area contributed by atoms with Crippen LogP contribution < -0.4 is 10.6 Å². The summed E-state index contributed by atoms with van der Waals surface area (Å²) >= 11 is 0. The molecule has 0 aromatic heterocycles. The highest BCUT2D eigenvalue weighted by atomic mass is 16.5. The lowest BCUT2D eigenvalue weighted by molar-refractivity contribution is -0.156. The van der Waals surface area contributed by atoms with E-state index < -0.39 is 0 Å². The SMILES string of the molecule is CCCCCCC1(CCCCCC)CC(OC(=O)CCCCCCCCC(=O)OC2CC(CCCCCC)(CCCCCC)NC(CCCCCC)(CCCCCC)C2)CC(CCCCCC)(CCCCCC)N1. The molecule has 0 atom stereocenters. The summed E-state index contributed by atoms with van der Waals surface area (Å²) in [6, 6.07) is 0. The maximum absolute atomic E-state index is 13.8. The maximum atomic E-state index is 13.8. The molecule has 0 spiro atoms. The number of ether oxygens (including phenoxy) is 2. The molecule has 6 nitrogen and oxygen atoms in total. The first-order valence-electron chi connectivity index (χ1n) is 34.0. The number of hydrogen-bond donors (Lipinski definition) is 2. The maximum Gasteiger partial charge on any atom is 0.306 e. The molecule has 2 fully saturated rings. The smallest absolute Gasteiger partial charge is 0.306 e. The third-order valence-corrected chi connectivity index (χ3v) is 18.2. The van der Waals surface area contributed by atoms with Crippen LogP contribution in [0.25, 0.3) is 0 Å². The second kappa shape index (κ2) is 43.7. The van der Waals surface area contributed by atoms with Gasteiger partial charge in [0.15, 0.2) is 0 Å². The molecule has 6 heteroatoms. The molecule has 2 N–H and O–H groups in total. The van der Waals surface area contributed by atoms with Crippen molar-refractivity contribution in [3.63, 3.8) is 0 Å². The summed E-state index contributed by atoms with van der Waals surface area (Å²) < 4.78 is 13.3. The van der Waals surface area contributed by atoms with Crippen molar-refractivity contribution in [1.82, 2.24) is 10.6 Å². The zero-order valence-corrected chi connectivity index (χ0v) is 51.6. The summed E-state index contributed by atoms with van der Waals surface area (Å²) in [7, 11) is 0. The largest absolute Gasteiger partial charge is 0.462 e. The zero-order chi connectivity index (χ0) is 53.9. The van der Waals surface area contributed by atoms with Gasteiger partial charge in [-0.25, -0.2) is 0 Å². The molecule has 74 heavy (non-hydrogen) atoms. The van der Waals surface area contributed by atoms with E-state index in [1.807, 2.05) is 0 Å². The number of carbonyl (C=O) groups is 2. The molecular formula is C68H132N2O4. The minimum absolute atomic E-state index is 0.0177. The Hall–Kier alpha value is -1.14. The number of hydrogen-bond acceptors (Lipinski definition) is 6. The molecule has 0 aliphatic carbocycles. The molecule has 2 aliphatic rings. The van der Waals surface area contributed by atoms with Crippen molar-refractivity contribution in [2.24, 2.45) is 0 Å². The summed E-state index contributed by atoms with van der Waals surface area (Å²) in [5.41, 5.74) is 0.274. The van der Waals surface area contributed by atoms with Crippen LogP contribution in [0.5, 0.6) is 0 Å². The van der Waals surface area contributed by atoms with Crippen LogP contribution in [0.1, 0.15) is 389 Å². The van der Waals surface area contributed by atoms with Gasteiger partial charge in [-0.15, -0.1) is 0 Å². The third-order valence-electron chi connectivity index (χ3n) is 18.2. The third kappa shape index (κ3) is 30.9. The molecule has 0 saturated carbocycles. The first-order chi connectivity index (χ1) is 36.1. The van der Waals surface area contributed by atoms with Gasteiger partial charge < -0.3 is 20.1 Å². The first kappa shape index (κ1) is 69.0. The number of rotatable bonds is 51. The van der Waals surface area contributed by atoms with Crippen LogP contribution in [0.15, 0.2) is 0 Å².